The first-order chi connectivity index (χ1) is 15.9. The number of aliphatic hydroxyl groups is 1. The standard InChI is InChI=1S/C25H29N5O3/c1-15-12-30-13-22(28-24(30)17(3)26-15)21-10-18-4-5-20(11-23(18)33-25(21)32)29-8-6-19(7-9-29)27-16(2)14-31/h4-5,10-13,16,19,27,31H,6-9,14H2,1-3H3. The van der Waals surface area contributed by atoms with Gasteiger partial charge in [0.2, 0.25) is 0 Å². The van der Waals surface area contributed by atoms with E-state index in [1.165, 1.54) is 0 Å². The fourth-order valence-corrected chi connectivity index (χ4v) is 4.67. The molecule has 172 valence electrons. The van der Waals surface area contributed by atoms with Crippen LogP contribution >= 0.6 is 0 Å². The van der Waals surface area contributed by atoms with Crippen molar-refractivity contribution >= 4 is 22.3 Å². The number of imidazole rings is 1. The Morgan fingerprint density at radius 3 is 2.73 bits per heavy atom. The third-order valence-electron chi connectivity index (χ3n) is 6.38. The molecule has 4 aromatic rings. The van der Waals surface area contributed by atoms with Gasteiger partial charge in [0.25, 0.3) is 0 Å². The molecule has 0 saturated carbocycles. The van der Waals surface area contributed by atoms with Gasteiger partial charge in [-0.25, -0.2) is 9.78 Å². The topological polar surface area (TPSA) is 95.9 Å². The molecule has 1 aliphatic heterocycles. The fourth-order valence-electron chi connectivity index (χ4n) is 4.67. The normalized spacial score (nSPS) is 16.1. The Kier molecular flexibility index (Phi) is 5.64. The van der Waals surface area contributed by atoms with Crippen molar-refractivity contribution in [2.75, 3.05) is 24.6 Å². The van der Waals surface area contributed by atoms with E-state index in [-0.39, 0.29) is 12.6 Å². The van der Waals surface area contributed by atoms with E-state index in [1.54, 1.807) is 0 Å². The van der Waals surface area contributed by atoms with E-state index < -0.39 is 5.63 Å². The average molecular weight is 448 g/mol. The minimum atomic E-state index is -0.397. The molecule has 8 nitrogen and oxygen atoms in total. The van der Waals surface area contributed by atoms with Crippen LogP contribution in [0.15, 0.2) is 45.9 Å². The molecule has 1 unspecified atom stereocenters. The summed E-state index contributed by atoms with van der Waals surface area (Å²) in [6, 6.07) is 8.42. The number of benzene rings is 1. The quantitative estimate of drug-likeness (QED) is 0.454. The second kappa shape index (κ2) is 8.61. The summed E-state index contributed by atoms with van der Waals surface area (Å²) in [5.41, 5.74) is 4.70. The zero-order valence-corrected chi connectivity index (χ0v) is 19.2. The maximum Gasteiger partial charge on any atom is 0.345 e. The number of nitrogens with one attached hydrogen (secondary N) is 1. The molecule has 0 amide bonds. The molecule has 0 spiro atoms. The van der Waals surface area contributed by atoms with Crippen molar-refractivity contribution in [1.29, 1.82) is 0 Å². The van der Waals surface area contributed by atoms with E-state index in [1.807, 2.05) is 55.8 Å². The van der Waals surface area contributed by atoms with Crippen molar-refractivity contribution in [3.8, 4) is 11.3 Å². The molecule has 1 atom stereocenters. The molecule has 33 heavy (non-hydrogen) atoms. The molecular weight excluding hydrogens is 418 g/mol. The summed E-state index contributed by atoms with van der Waals surface area (Å²) >= 11 is 0. The van der Waals surface area contributed by atoms with Crippen LogP contribution < -0.4 is 15.8 Å². The van der Waals surface area contributed by atoms with E-state index in [4.69, 9.17) is 4.42 Å². The first-order valence-corrected chi connectivity index (χ1v) is 11.4. The zero-order valence-electron chi connectivity index (χ0n) is 19.2. The molecule has 0 radical (unpaired) electrons. The smallest absolute Gasteiger partial charge is 0.345 e. The molecule has 5 rings (SSSR count). The van der Waals surface area contributed by atoms with E-state index in [9.17, 15) is 9.90 Å². The van der Waals surface area contributed by atoms with Crippen molar-refractivity contribution in [2.45, 2.75) is 45.7 Å². The van der Waals surface area contributed by atoms with Gasteiger partial charge in [0.05, 0.1) is 29.3 Å². The fraction of sp³-hybridized carbons (Fsp3) is 0.400. The SMILES string of the molecule is Cc1cn2cc(-c3cc4ccc(N5CCC(NC(C)CO)CC5)cc4oc3=O)nc2c(C)n1. The number of rotatable bonds is 5. The first kappa shape index (κ1) is 21.6. The van der Waals surface area contributed by atoms with Crippen molar-refractivity contribution < 1.29 is 9.52 Å². The third-order valence-corrected chi connectivity index (χ3v) is 6.38. The second-order valence-corrected chi connectivity index (χ2v) is 9.01. The van der Waals surface area contributed by atoms with Crippen LogP contribution in [0.4, 0.5) is 5.69 Å². The molecule has 3 aromatic heterocycles. The van der Waals surface area contributed by atoms with Crippen LogP contribution in [0.25, 0.3) is 27.9 Å². The van der Waals surface area contributed by atoms with Gasteiger partial charge >= 0.3 is 5.63 Å². The van der Waals surface area contributed by atoms with Crippen molar-refractivity contribution in [3.63, 3.8) is 0 Å². The van der Waals surface area contributed by atoms with Crippen LogP contribution in [0.5, 0.6) is 0 Å². The molecule has 2 N–H and O–H groups in total. The van der Waals surface area contributed by atoms with Crippen molar-refractivity contribution in [3.05, 3.63) is 58.5 Å². The van der Waals surface area contributed by atoms with Crippen molar-refractivity contribution in [1.82, 2.24) is 19.7 Å². The monoisotopic (exact) mass is 447 g/mol. The minimum absolute atomic E-state index is 0.114. The van der Waals surface area contributed by atoms with Gasteiger partial charge in [-0.2, -0.15) is 0 Å². The highest BCUT2D eigenvalue weighted by Gasteiger charge is 2.21. The summed E-state index contributed by atoms with van der Waals surface area (Å²) in [5.74, 6) is 0. The van der Waals surface area contributed by atoms with Gasteiger partial charge in [-0.3, -0.25) is 4.98 Å². The molecule has 1 aromatic carbocycles. The lowest BCUT2D eigenvalue weighted by molar-refractivity contribution is 0.233. The van der Waals surface area contributed by atoms with Gasteiger partial charge in [-0.1, -0.05) is 0 Å². The maximum absolute atomic E-state index is 12.9. The number of fused-ring (bicyclic) bond motifs is 2. The number of aromatic nitrogens is 3. The van der Waals surface area contributed by atoms with E-state index in [0.29, 0.717) is 22.9 Å². The molecule has 0 bridgehead atoms. The van der Waals surface area contributed by atoms with Crippen LogP contribution in [0, 0.1) is 13.8 Å². The number of hydrogen-bond donors (Lipinski definition) is 2. The van der Waals surface area contributed by atoms with Crippen LogP contribution in [0.1, 0.15) is 31.2 Å². The number of nitrogens with zero attached hydrogens (tertiary/aromatic N) is 4. The van der Waals surface area contributed by atoms with Gasteiger partial charge in [-0.05, 0) is 51.8 Å². The number of aryl methyl sites for hydroxylation is 2. The lowest BCUT2D eigenvalue weighted by Gasteiger charge is -2.35. The molecule has 4 heterocycles. The molecule has 1 fully saturated rings. The van der Waals surface area contributed by atoms with Gasteiger partial charge in [0.1, 0.15) is 5.58 Å². The summed E-state index contributed by atoms with van der Waals surface area (Å²) in [7, 11) is 0. The summed E-state index contributed by atoms with van der Waals surface area (Å²) < 4.78 is 7.63. The number of hydrogen-bond acceptors (Lipinski definition) is 7. The zero-order chi connectivity index (χ0) is 23.1. The van der Waals surface area contributed by atoms with Gasteiger partial charge < -0.3 is 24.1 Å². The van der Waals surface area contributed by atoms with E-state index in [0.717, 1.165) is 54.0 Å². The highest BCUT2D eigenvalue weighted by atomic mass is 16.4. The Balaban J connectivity index is 1.41. The van der Waals surface area contributed by atoms with Crippen LogP contribution in [-0.2, 0) is 0 Å². The number of anilines is 1. The molecular formula is C25H29N5O3. The Labute approximate surface area is 191 Å². The van der Waals surface area contributed by atoms with Crippen molar-refractivity contribution in [2.24, 2.45) is 0 Å². The highest BCUT2D eigenvalue weighted by molar-refractivity contribution is 5.84. The minimum Gasteiger partial charge on any atom is -0.422 e. The van der Waals surface area contributed by atoms with Gasteiger partial charge in [-0.15, -0.1) is 0 Å². The van der Waals surface area contributed by atoms with Crippen LogP contribution in [0.3, 0.4) is 0 Å². The third kappa shape index (κ3) is 4.24. The highest BCUT2D eigenvalue weighted by Crippen LogP contribution is 2.27. The Hall–Kier alpha value is -3.23. The van der Waals surface area contributed by atoms with E-state index in [2.05, 4.69) is 26.3 Å². The molecule has 1 aliphatic rings. The summed E-state index contributed by atoms with van der Waals surface area (Å²) in [4.78, 5) is 24.2. The lowest BCUT2D eigenvalue weighted by Crippen LogP contribution is -2.46. The average Bonchev–Trinajstić information content (AvgIpc) is 3.23. The van der Waals surface area contributed by atoms with E-state index >= 15 is 0 Å². The van der Waals surface area contributed by atoms with Gasteiger partial charge in [0.15, 0.2) is 5.65 Å². The molecule has 1 saturated heterocycles. The predicted molar refractivity (Wildman–Crippen MR) is 129 cm³/mol. The van der Waals surface area contributed by atoms with Crippen LogP contribution in [0.2, 0.25) is 0 Å². The second-order valence-electron chi connectivity index (χ2n) is 9.01. The summed E-state index contributed by atoms with van der Waals surface area (Å²) in [5, 5.41) is 13.6. The first-order valence-electron chi connectivity index (χ1n) is 11.4. The van der Waals surface area contributed by atoms with Crippen LogP contribution in [-0.4, -0.2) is 51.3 Å². The Morgan fingerprint density at radius 2 is 1.97 bits per heavy atom. The number of aliphatic hydroxyl groups excluding tert-OH is 1. The predicted octanol–water partition coefficient (Wildman–Crippen LogP) is 3.06. The maximum atomic E-state index is 12.9. The summed E-state index contributed by atoms with van der Waals surface area (Å²) in [6.07, 6.45) is 5.76. The Morgan fingerprint density at radius 1 is 1.18 bits per heavy atom. The number of piperidine rings is 1. The van der Waals surface area contributed by atoms with Gasteiger partial charge in [0, 0.05) is 54.7 Å². The Bertz CT molecular complexity index is 1370. The summed E-state index contributed by atoms with van der Waals surface area (Å²) in [6.45, 7) is 7.82. The molecule has 0 aliphatic carbocycles. The lowest BCUT2D eigenvalue weighted by atomic mass is 10.0. The molecule has 8 heteroatoms. The largest absolute Gasteiger partial charge is 0.422 e.